The number of aryl methyl sites for hydroxylation is 1. The van der Waals surface area contributed by atoms with Crippen molar-refractivity contribution in [2.24, 2.45) is 0 Å². The summed E-state index contributed by atoms with van der Waals surface area (Å²) in [6.07, 6.45) is 5.24. The summed E-state index contributed by atoms with van der Waals surface area (Å²) in [5.74, 6) is 0.202. The molecule has 1 aromatic carbocycles. The van der Waals surface area contributed by atoms with Crippen molar-refractivity contribution in [3.8, 4) is 0 Å². The lowest BCUT2D eigenvalue weighted by Crippen LogP contribution is -2.46. The maximum Gasteiger partial charge on any atom is 0.225 e. The van der Waals surface area contributed by atoms with E-state index in [-0.39, 0.29) is 17.7 Å². The minimum absolute atomic E-state index is 0.112. The molecule has 4 rings (SSSR count). The molecule has 1 N–H and O–H groups in total. The molecule has 2 aliphatic heterocycles. The van der Waals surface area contributed by atoms with E-state index in [0.717, 1.165) is 44.4 Å². The van der Waals surface area contributed by atoms with E-state index in [4.69, 9.17) is 4.74 Å². The van der Waals surface area contributed by atoms with Gasteiger partial charge in [0.2, 0.25) is 5.91 Å². The molecule has 3 heterocycles. The summed E-state index contributed by atoms with van der Waals surface area (Å²) in [5, 5.41) is 1.22. The molecular formula is C20H27N3O2. The average Bonchev–Trinajstić information content (AvgIpc) is 3.17. The lowest BCUT2D eigenvalue weighted by Gasteiger charge is -2.36. The first-order valence-electron chi connectivity index (χ1n) is 9.27. The Kier molecular flexibility index (Phi) is 4.29. The molecule has 5 heteroatoms. The number of fused-ring (bicyclic) bond motifs is 1. The van der Waals surface area contributed by atoms with Crippen LogP contribution in [0.4, 0.5) is 0 Å². The van der Waals surface area contributed by atoms with Crippen LogP contribution >= 0.6 is 0 Å². The normalized spacial score (nSPS) is 23.6. The van der Waals surface area contributed by atoms with E-state index in [1.54, 1.807) is 0 Å². The van der Waals surface area contributed by atoms with Gasteiger partial charge in [-0.25, -0.2) is 0 Å². The van der Waals surface area contributed by atoms with Gasteiger partial charge in [-0.1, -0.05) is 18.2 Å². The van der Waals surface area contributed by atoms with Gasteiger partial charge in [0.05, 0.1) is 12.1 Å². The van der Waals surface area contributed by atoms with Crippen LogP contribution in [0.15, 0.2) is 30.5 Å². The maximum absolute atomic E-state index is 12.8. The number of aromatic nitrogens is 1. The van der Waals surface area contributed by atoms with E-state index in [0.29, 0.717) is 6.42 Å². The third kappa shape index (κ3) is 3.18. The molecule has 0 aliphatic carbocycles. The van der Waals surface area contributed by atoms with Gasteiger partial charge in [0.1, 0.15) is 6.23 Å². The number of benzene rings is 1. The number of amides is 1. The first kappa shape index (κ1) is 16.6. The first-order chi connectivity index (χ1) is 12.1. The van der Waals surface area contributed by atoms with Crippen molar-refractivity contribution in [2.45, 2.75) is 44.4 Å². The number of aromatic amines is 1. The smallest absolute Gasteiger partial charge is 0.225 e. The van der Waals surface area contributed by atoms with Gasteiger partial charge < -0.3 is 19.5 Å². The Hall–Kier alpha value is -1.85. The Bertz CT molecular complexity index is 761. The Morgan fingerprint density at radius 1 is 1.32 bits per heavy atom. The SMILES string of the molecule is C[C@H]1OC2(CCN(C)CC2)CN1C(=O)CCc1c[nH]c2ccccc12. The van der Waals surface area contributed by atoms with Crippen molar-refractivity contribution < 1.29 is 9.53 Å². The molecule has 134 valence electrons. The molecule has 2 saturated heterocycles. The minimum atomic E-state index is -0.123. The third-order valence-electron chi connectivity index (χ3n) is 5.82. The number of nitrogens with one attached hydrogen (secondary N) is 1. The maximum atomic E-state index is 12.8. The number of nitrogens with zero attached hydrogens (tertiary/aromatic N) is 2. The molecule has 1 atom stereocenters. The van der Waals surface area contributed by atoms with E-state index in [2.05, 4.69) is 29.1 Å². The topological polar surface area (TPSA) is 48.6 Å². The molecule has 1 amide bonds. The second-order valence-electron chi connectivity index (χ2n) is 7.58. The molecule has 2 fully saturated rings. The number of ether oxygens (including phenoxy) is 1. The van der Waals surface area contributed by atoms with E-state index < -0.39 is 0 Å². The summed E-state index contributed by atoms with van der Waals surface area (Å²) in [4.78, 5) is 20.4. The number of carbonyl (C=O) groups excluding carboxylic acids is 1. The van der Waals surface area contributed by atoms with Gasteiger partial charge in [-0.15, -0.1) is 0 Å². The molecule has 0 unspecified atom stereocenters. The Morgan fingerprint density at radius 3 is 2.88 bits per heavy atom. The zero-order valence-electron chi connectivity index (χ0n) is 15.1. The number of rotatable bonds is 3. The van der Waals surface area contributed by atoms with Gasteiger partial charge in [0.15, 0.2) is 0 Å². The zero-order chi connectivity index (χ0) is 17.4. The van der Waals surface area contributed by atoms with Crippen molar-refractivity contribution in [1.82, 2.24) is 14.8 Å². The fourth-order valence-electron chi connectivity index (χ4n) is 4.22. The van der Waals surface area contributed by atoms with Gasteiger partial charge in [-0.3, -0.25) is 4.79 Å². The fourth-order valence-corrected chi connectivity index (χ4v) is 4.22. The number of H-pyrrole nitrogens is 1. The molecule has 5 nitrogen and oxygen atoms in total. The van der Waals surface area contributed by atoms with Crippen LogP contribution in [-0.2, 0) is 16.0 Å². The largest absolute Gasteiger partial charge is 0.361 e. The predicted molar refractivity (Wildman–Crippen MR) is 98.3 cm³/mol. The van der Waals surface area contributed by atoms with Gasteiger partial charge >= 0.3 is 0 Å². The predicted octanol–water partition coefficient (Wildman–Crippen LogP) is 2.77. The van der Waals surface area contributed by atoms with Crippen molar-refractivity contribution in [2.75, 3.05) is 26.7 Å². The molecule has 1 aromatic heterocycles. The van der Waals surface area contributed by atoms with E-state index in [9.17, 15) is 4.79 Å². The number of hydrogen-bond donors (Lipinski definition) is 1. The molecule has 25 heavy (non-hydrogen) atoms. The molecule has 0 radical (unpaired) electrons. The molecule has 1 spiro atoms. The van der Waals surface area contributed by atoms with E-state index in [1.165, 1.54) is 10.9 Å². The Labute approximate surface area is 148 Å². The van der Waals surface area contributed by atoms with Crippen molar-refractivity contribution in [1.29, 1.82) is 0 Å². The molecule has 2 aliphatic rings. The van der Waals surface area contributed by atoms with Crippen LogP contribution in [0, 0.1) is 0 Å². The summed E-state index contributed by atoms with van der Waals surface area (Å²) < 4.78 is 6.25. The molecular weight excluding hydrogens is 314 g/mol. The van der Waals surface area contributed by atoms with Crippen molar-refractivity contribution >= 4 is 16.8 Å². The highest BCUT2D eigenvalue weighted by molar-refractivity contribution is 5.84. The summed E-state index contributed by atoms with van der Waals surface area (Å²) in [6.45, 7) is 4.85. The number of hydrogen-bond acceptors (Lipinski definition) is 3. The summed E-state index contributed by atoms with van der Waals surface area (Å²) in [5.41, 5.74) is 2.22. The Morgan fingerprint density at radius 2 is 2.08 bits per heavy atom. The second-order valence-corrected chi connectivity index (χ2v) is 7.58. The van der Waals surface area contributed by atoms with Crippen LogP contribution in [0.2, 0.25) is 0 Å². The van der Waals surface area contributed by atoms with Crippen LogP contribution in [0.3, 0.4) is 0 Å². The van der Waals surface area contributed by atoms with E-state index >= 15 is 0 Å². The summed E-state index contributed by atoms with van der Waals surface area (Å²) in [6, 6.07) is 8.25. The fraction of sp³-hybridized carbons (Fsp3) is 0.550. The molecule has 2 aromatic rings. The number of likely N-dealkylation sites (tertiary alicyclic amines) is 1. The monoisotopic (exact) mass is 341 g/mol. The standard InChI is InChI=1S/C20H27N3O2/c1-15-23(14-20(25-15)9-11-22(2)12-10-20)19(24)8-7-16-13-21-18-6-4-3-5-17(16)18/h3-6,13,15,21H,7-12,14H2,1-2H3/t15-/m1/s1. The summed E-state index contributed by atoms with van der Waals surface area (Å²) in [7, 11) is 2.15. The lowest BCUT2D eigenvalue weighted by molar-refractivity contribution is -0.136. The van der Waals surface area contributed by atoms with Crippen LogP contribution < -0.4 is 0 Å². The quantitative estimate of drug-likeness (QED) is 0.934. The highest BCUT2D eigenvalue weighted by atomic mass is 16.5. The van der Waals surface area contributed by atoms with Gasteiger partial charge in [-0.05, 0) is 44.9 Å². The number of piperidine rings is 1. The van der Waals surface area contributed by atoms with Crippen molar-refractivity contribution in [3.63, 3.8) is 0 Å². The first-order valence-corrected chi connectivity index (χ1v) is 9.27. The second kappa shape index (κ2) is 6.46. The summed E-state index contributed by atoms with van der Waals surface area (Å²) >= 11 is 0. The van der Waals surface area contributed by atoms with Crippen LogP contribution in [-0.4, -0.2) is 59.2 Å². The zero-order valence-corrected chi connectivity index (χ0v) is 15.1. The molecule has 0 bridgehead atoms. The van der Waals surface area contributed by atoms with E-state index in [1.807, 2.05) is 30.2 Å². The Balaban J connectivity index is 1.39. The van der Waals surface area contributed by atoms with Gasteiger partial charge in [0, 0.05) is 36.6 Å². The highest BCUT2D eigenvalue weighted by Gasteiger charge is 2.46. The lowest BCUT2D eigenvalue weighted by atomic mass is 9.91. The molecule has 0 saturated carbocycles. The average molecular weight is 341 g/mol. The van der Waals surface area contributed by atoms with Crippen molar-refractivity contribution in [3.05, 3.63) is 36.0 Å². The highest BCUT2D eigenvalue weighted by Crippen LogP contribution is 2.35. The van der Waals surface area contributed by atoms with Crippen LogP contribution in [0.5, 0.6) is 0 Å². The van der Waals surface area contributed by atoms with Gasteiger partial charge in [0.25, 0.3) is 0 Å². The van der Waals surface area contributed by atoms with Gasteiger partial charge in [-0.2, -0.15) is 0 Å². The number of carbonyl (C=O) groups is 1. The number of para-hydroxylation sites is 1. The third-order valence-corrected chi connectivity index (χ3v) is 5.82. The minimum Gasteiger partial charge on any atom is -0.361 e. The van der Waals surface area contributed by atoms with Crippen LogP contribution in [0.25, 0.3) is 10.9 Å². The van der Waals surface area contributed by atoms with Crippen LogP contribution in [0.1, 0.15) is 31.7 Å².